The highest BCUT2D eigenvalue weighted by Gasteiger charge is 2.20. The average Bonchev–Trinajstić information content (AvgIpc) is 3.00. The van der Waals surface area contributed by atoms with E-state index < -0.39 is 10.8 Å². The van der Waals surface area contributed by atoms with Crippen LogP contribution in [0.4, 0.5) is 0 Å². The summed E-state index contributed by atoms with van der Waals surface area (Å²) in [5.74, 6) is 0.660. The van der Waals surface area contributed by atoms with Crippen molar-refractivity contribution in [1.29, 1.82) is 0 Å². The lowest BCUT2D eigenvalue weighted by molar-refractivity contribution is 0.101. The number of aromatic amines is 1. The molecule has 21 heavy (non-hydrogen) atoms. The van der Waals surface area contributed by atoms with Gasteiger partial charge in [0.05, 0.1) is 32.2 Å². The first-order valence-electron chi connectivity index (χ1n) is 6.29. The Kier molecular flexibility index (Phi) is 3.98. The van der Waals surface area contributed by atoms with E-state index in [1.165, 1.54) is 0 Å². The number of rotatable bonds is 4. The normalized spacial score (nSPS) is 14.7. The molecule has 0 saturated heterocycles. The first kappa shape index (κ1) is 14.2. The molecule has 7 heteroatoms. The van der Waals surface area contributed by atoms with Crippen LogP contribution >= 0.6 is 11.6 Å². The second kappa shape index (κ2) is 5.91. The fourth-order valence-electron chi connectivity index (χ4n) is 2.00. The quantitative estimate of drug-likeness (QED) is 0.877. The molecule has 1 aliphatic heterocycles. The molecule has 0 aliphatic carbocycles. The number of fused-ring (bicyclic) bond motifs is 1. The minimum absolute atomic E-state index is 0.139. The van der Waals surface area contributed by atoms with E-state index in [1.54, 1.807) is 30.5 Å². The van der Waals surface area contributed by atoms with Crippen molar-refractivity contribution in [3.63, 3.8) is 0 Å². The zero-order valence-electron chi connectivity index (χ0n) is 10.9. The summed E-state index contributed by atoms with van der Waals surface area (Å²) >= 11 is 6.12. The third kappa shape index (κ3) is 2.96. The van der Waals surface area contributed by atoms with Crippen molar-refractivity contribution in [2.75, 3.05) is 19.0 Å². The molecule has 1 aromatic carbocycles. The van der Waals surface area contributed by atoms with Gasteiger partial charge in [-0.25, -0.2) is 0 Å². The fraction of sp³-hybridized carbons (Fsp3) is 0.214. The molecule has 0 saturated carbocycles. The van der Waals surface area contributed by atoms with Crippen LogP contribution in [0.15, 0.2) is 35.4 Å². The Morgan fingerprint density at radius 1 is 1.29 bits per heavy atom. The first-order valence-corrected chi connectivity index (χ1v) is 7.99. The van der Waals surface area contributed by atoms with Crippen molar-refractivity contribution >= 4 is 28.2 Å². The van der Waals surface area contributed by atoms with E-state index in [1.807, 2.05) is 0 Å². The molecule has 110 valence electrons. The molecule has 0 amide bonds. The van der Waals surface area contributed by atoms with Crippen LogP contribution in [0.5, 0.6) is 11.5 Å². The van der Waals surface area contributed by atoms with Crippen molar-refractivity contribution in [2.45, 2.75) is 4.90 Å². The molecule has 0 bridgehead atoms. The lowest BCUT2D eigenvalue weighted by Gasteiger charge is -2.19. The lowest BCUT2D eigenvalue weighted by atomic mass is 10.3. The average molecular weight is 326 g/mol. The molecule has 0 spiro atoms. The van der Waals surface area contributed by atoms with Gasteiger partial charge in [0.1, 0.15) is 13.2 Å². The molecular weight excluding hydrogens is 314 g/mol. The molecule has 1 atom stereocenters. The summed E-state index contributed by atoms with van der Waals surface area (Å²) in [5, 5.41) is 0.303. The van der Waals surface area contributed by atoms with Crippen LogP contribution in [0, 0.1) is 0 Å². The van der Waals surface area contributed by atoms with Crippen LogP contribution in [0.2, 0.25) is 5.02 Å². The van der Waals surface area contributed by atoms with Gasteiger partial charge in [0, 0.05) is 18.3 Å². The van der Waals surface area contributed by atoms with Crippen LogP contribution in [0.25, 0.3) is 0 Å². The second-order valence-corrected chi connectivity index (χ2v) is 6.25. The molecule has 1 aliphatic rings. The maximum atomic E-state index is 12.4. The molecule has 2 heterocycles. The van der Waals surface area contributed by atoms with E-state index in [0.717, 1.165) is 0 Å². The van der Waals surface area contributed by atoms with E-state index in [4.69, 9.17) is 21.1 Å². The Hall–Kier alpha value is -1.79. The largest absolute Gasteiger partial charge is 0.486 e. The number of carbonyl (C=O) groups is 1. The summed E-state index contributed by atoms with van der Waals surface area (Å²) < 4.78 is 23.2. The summed E-state index contributed by atoms with van der Waals surface area (Å²) in [6.07, 6.45) is 1.65. The Morgan fingerprint density at radius 3 is 2.67 bits per heavy atom. The van der Waals surface area contributed by atoms with Gasteiger partial charge in [-0.3, -0.25) is 9.00 Å². The molecule has 3 rings (SSSR count). The molecule has 2 aromatic rings. The summed E-state index contributed by atoms with van der Waals surface area (Å²) in [6, 6.07) is 6.51. The number of H-pyrrole nitrogens is 1. The van der Waals surface area contributed by atoms with Gasteiger partial charge in [-0.05, 0) is 12.1 Å². The lowest BCUT2D eigenvalue weighted by Crippen LogP contribution is -2.16. The highest BCUT2D eigenvalue weighted by molar-refractivity contribution is 7.86. The van der Waals surface area contributed by atoms with Gasteiger partial charge >= 0.3 is 0 Å². The molecule has 0 unspecified atom stereocenters. The Bertz CT molecular complexity index is 699. The Balaban J connectivity index is 1.83. The van der Waals surface area contributed by atoms with Gasteiger partial charge in [0.25, 0.3) is 0 Å². The van der Waals surface area contributed by atoms with Crippen LogP contribution in [0.1, 0.15) is 10.5 Å². The number of Topliss-reactive ketones (excluding diaryl/α,β-unsaturated/α-hetero) is 1. The number of hydrogen-bond acceptors (Lipinski definition) is 4. The Labute approximate surface area is 128 Å². The highest BCUT2D eigenvalue weighted by atomic mass is 35.5. The predicted molar refractivity (Wildman–Crippen MR) is 78.8 cm³/mol. The van der Waals surface area contributed by atoms with Gasteiger partial charge in [-0.1, -0.05) is 11.6 Å². The standard InChI is InChI=1S/C14H12ClNO4S/c15-9-6-12-13(20-5-4-19-12)7-14(9)21(18)8-11(17)10-2-1-3-16-10/h1-3,6-7,16H,4-5,8H2/t21-/m1/s1. The summed E-state index contributed by atoms with van der Waals surface area (Å²) in [5.41, 5.74) is 0.428. The van der Waals surface area contributed by atoms with Crippen LogP contribution < -0.4 is 9.47 Å². The maximum absolute atomic E-state index is 12.4. The van der Waals surface area contributed by atoms with E-state index in [9.17, 15) is 9.00 Å². The number of benzene rings is 1. The topological polar surface area (TPSA) is 68.4 Å². The monoisotopic (exact) mass is 325 g/mol. The smallest absolute Gasteiger partial charge is 0.191 e. The zero-order valence-corrected chi connectivity index (χ0v) is 12.5. The number of ketones is 1. The Morgan fingerprint density at radius 2 is 2.00 bits per heavy atom. The summed E-state index contributed by atoms with van der Waals surface area (Å²) in [6.45, 7) is 0.888. The van der Waals surface area contributed by atoms with Crippen LogP contribution in [-0.2, 0) is 10.8 Å². The van der Waals surface area contributed by atoms with Crippen molar-refractivity contribution in [3.8, 4) is 11.5 Å². The summed E-state index contributed by atoms with van der Waals surface area (Å²) in [7, 11) is -1.54. The van der Waals surface area contributed by atoms with Gasteiger partial charge < -0.3 is 14.5 Å². The third-order valence-electron chi connectivity index (χ3n) is 3.00. The molecule has 1 N–H and O–H groups in total. The van der Waals surface area contributed by atoms with Gasteiger partial charge in [0.15, 0.2) is 17.3 Å². The van der Waals surface area contributed by atoms with E-state index in [2.05, 4.69) is 4.98 Å². The number of hydrogen-bond donors (Lipinski definition) is 1. The second-order valence-electron chi connectivity index (χ2n) is 4.42. The first-order chi connectivity index (χ1) is 10.1. The number of halogens is 1. The molecule has 1 aromatic heterocycles. The number of ether oxygens (including phenoxy) is 2. The van der Waals surface area contributed by atoms with Gasteiger partial charge in [-0.15, -0.1) is 0 Å². The number of aromatic nitrogens is 1. The van der Waals surface area contributed by atoms with E-state index >= 15 is 0 Å². The van der Waals surface area contributed by atoms with E-state index in [-0.39, 0.29) is 11.5 Å². The molecule has 5 nitrogen and oxygen atoms in total. The molecular formula is C14H12ClNO4S. The molecule has 0 radical (unpaired) electrons. The third-order valence-corrected chi connectivity index (χ3v) is 4.78. The maximum Gasteiger partial charge on any atom is 0.191 e. The highest BCUT2D eigenvalue weighted by Crippen LogP contribution is 2.36. The van der Waals surface area contributed by atoms with Crippen molar-refractivity contribution in [1.82, 2.24) is 4.98 Å². The zero-order chi connectivity index (χ0) is 14.8. The fourth-order valence-corrected chi connectivity index (χ4v) is 3.47. The number of nitrogens with one attached hydrogen (secondary N) is 1. The molecule has 0 fully saturated rings. The summed E-state index contributed by atoms with van der Waals surface area (Å²) in [4.78, 5) is 15.1. The van der Waals surface area contributed by atoms with Crippen LogP contribution in [-0.4, -0.2) is 33.9 Å². The number of carbonyl (C=O) groups excluding carboxylic acids is 1. The SMILES string of the molecule is O=C(C[S@@](=O)c1cc2c(cc1Cl)OCCO2)c1ccc[nH]1. The van der Waals surface area contributed by atoms with Gasteiger partial charge in [0.2, 0.25) is 0 Å². The van der Waals surface area contributed by atoms with Gasteiger partial charge in [-0.2, -0.15) is 0 Å². The minimum Gasteiger partial charge on any atom is -0.486 e. The van der Waals surface area contributed by atoms with Crippen molar-refractivity contribution < 1.29 is 18.5 Å². The predicted octanol–water partition coefficient (Wildman–Crippen LogP) is 2.43. The van der Waals surface area contributed by atoms with E-state index in [0.29, 0.717) is 40.3 Å². The van der Waals surface area contributed by atoms with Crippen molar-refractivity contribution in [3.05, 3.63) is 41.2 Å². The van der Waals surface area contributed by atoms with Crippen molar-refractivity contribution in [2.24, 2.45) is 0 Å². The minimum atomic E-state index is -1.54. The van der Waals surface area contributed by atoms with Crippen LogP contribution in [0.3, 0.4) is 0 Å².